The highest BCUT2D eigenvalue weighted by Crippen LogP contribution is 2.37. The van der Waals surface area contributed by atoms with Crippen LogP contribution in [0.4, 0.5) is 5.69 Å². The molecule has 1 aromatic rings. The lowest BCUT2D eigenvalue weighted by Crippen LogP contribution is -2.41. The van der Waals surface area contributed by atoms with Gasteiger partial charge in [0.1, 0.15) is 18.8 Å². The molecule has 1 aromatic carbocycles. The molecule has 112 valence electrons. The first kappa shape index (κ1) is 13.6. The third-order valence-electron chi connectivity index (χ3n) is 3.39. The van der Waals surface area contributed by atoms with E-state index in [1.54, 1.807) is 4.90 Å². The van der Waals surface area contributed by atoms with Gasteiger partial charge in [-0.15, -0.1) is 0 Å². The molecule has 1 amide bonds. The van der Waals surface area contributed by atoms with Crippen molar-refractivity contribution in [2.75, 3.05) is 39.5 Å². The molecule has 3 rings (SSSR count). The molecule has 21 heavy (non-hydrogen) atoms. The van der Waals surface area contributed by atoms with Crippen molar-refractivity contribution < 1.29 is 23.9 Å². The molecule has 0 N–H and O–H groups in total. The number of rotatable bonds is 2. The Kier molecular flexibility index (Phi) is 3.61. The predicted molar refractivity (Wildman–Crippen MR) is 70.8 cm³/mol. The van der Waals surface area contributed by atoms with E-state index >= 15 is 0 Å². The van der Waals surface area contributed by atoms with Gasteiger partial charge in [0.05, 0.1) is 24.2 Å². The maximum absolute atomic E-state index is 12.5. The second kappa shape index (κ2) is 5.57. The highest BCUT2D eigenvalue weighted by atomic mass is 16.6. The van der Waals surface area contributed by atoms with E-state index in [0.29, 0.717) is 51.0 Å². The van der Waals surface area contributed by atoms with Gasteiger partial charge in [-0.3, -0.25) is 14.9 Å². The average molecular weight is 294 g/mol. The molecule has 2 aliphatic rings. The SMILES string of the molecule is O=C(c1cc2c(cc1[N+](=O)[O-])OCCO2)N1CCOCC1. The number of carbonyl (C=O) groups is 1. The van der Waals surface area contributed by atoms with Crippen molar-refractivity contribution in [1.29, 1.82) is 0 Å². The summed E-state index contributed by atoms with van der Waals surface area (Å²) < 4.78 is 15.9. The normalized spacial score (nSPS) is 17.4. The van der Waals surface area contributed by atoms with Crippen LogP contribution >= 0.6 is 0 Å². The van der Waals surface area contributed by atoms with Crippen LogP contribution in [0.3, 0.4) is 0 Å². The van der Waals surface area contributed by atoms with E-state index in [-0.39, 0.29) is 17.2 Å². The van der Waals surface area contributed by atoms with Gasteiger partial charge < -0.3 is 19.1 Å². The molecule has 0 spiro atoms. The molecule has 0 radical (unpaired) electrons. The topological polar surface area (TPSA) is 91.1 Å². The van der Waals surface area contributed by atoms with Crippen molar-refractivity contribution in [1.82, 2.24) is 4.90 Å². The van der Waals surface area contributed by atoms with E-state index < -0.39 is 4.92 Å². The molecule has 0 bridgehead atoms. The number of morpholine rings is 1. The Morgan fingerprint density at radius 3 is 2.33 bits per heavy atom. The fourth-order valence-corrected chi connectivity index (χ4v) is 2.34. The Hall–Kier alpha value is -2.35. The van der Waals surface area contributed by atoms with Crippen LogP contribution in [0, 0.1) is 10.1 Å². The van der Waals surface area contributed by atoms with E-state index in [1.807, 2.05) is 0 Å². The van der Waals surface area contributed by atoms with Crippen LogP contribution in [-0.4, -0.2) is 55.2 Å². The standard InChI is InChI=1S/C13H14N2O6/c16-13(14-1-3-19-4-2-14)9-7-11-12(21-6-5-20-11)8-10(9)15(17)18/h7-8H,1-6H2. The van der Waals surface area contributed by atoms with Crippen molar-refractivity contribution in [3.05, 3.63) is 27.8 Å². The molecule has 8 nitrogen and oxygen atoms in total. The Balaban J connectivity index is 1.99. The summed E-state index contributed by atoms with van der Waals surface area (Å²) in [7, 11) is 0. The number of benzene rings is 1. The molecular formula is C13H14N2O6. The van der Waals surface area contributed by atoms with E-state index in [9.17, 15) is 14.9 Å². The molecule has 0 aliphatic carbocycles. The Labute approximate surface area is 120 Å². The maximum Gasteiger partial charge on any atom is 0.286 e. The predicted octanol–water partition coefficient (Wildman–Crippen LogP) is 0.838. The number of nitrogens with zero attached hydrogens (tertiary/aromatic N) is 2. The first-order valence-corrected chi connectivity index (χ1v) is 6.62. The zero-order valence-corrected chi connectivity index (χ0v) is 11.2. The number of ether oxygens (including phenoxy) is 3. The van der Waals surface area contributed by atoms with Gasteiger partial charge in [-0.25, -0.2) is 0 Å². The minimum Gasteiger partial charge on any atom is -0.486 e. The number of hydrogen-bond donors (Lipinski definition) is 0. The second-order valence-electron chi connectivity index (χ2n) is 4.67. The highest BCUT2D eigenvalue weighted by molar-refractivity contribution is 5.99. The summed E-state index contributed by atoms with van der Waals surface area (Å²) in [5, 5.41) is 11.2. The minimum absolute atomic E-state index is 0.0196. The number of nitro groups is 1. The summed E-state index contributed by atoms with van der Waals surface area (Å²) in [6, 6.07) is 2.65. The monoisotopic (exact) mass is 294 g/mol. The van der Waals surface area contributed by atoms with E-state index in [0.717, 1.165) is 0 Å². The first-order valence-electron chi connectivity index (χ1n) is 6.62. The van der Waals surface area contributed by atoms with Crippen molar-refractivity contribution in [2.45, 2.75) is 0 Å². The lowest BCUT2D eigenvalue weighted by Gasteiger charge is -2.27. The van der Waals surface area contributed by atoms with Gasteiger partial charge in [-0.2, -0.15) is 0 Å². The molecule has 2 aliphatic heterocycles. The van der Waals surface area contributed by atoms with Crippen LogP contribution in [-0.2, 0) is 4.74 Å². The zero-order valence-electron chi connectivity index (χ0n) is 11.2. The number of fused-ring (bicyclic) bond motifs is 1. The molecule has 0 atom stereocenters. The molecule has 8 heteroatoms. The van der Waals surface area contributed by atoms with Crippen LogP contribution in [0.5, 0.6) is 11.5 Å². The van der Waals surface area contributed by atoms with Crippen molar-refractivity contribution in [2.24, 2.45) is 0 Å². The van der Waals surface area contributed by atoms with E-state index in [1.165, 1.54) is 12.1 Å². The van der Waals surface area contributed by atoms with Crippen molar-refractivity contribution >= 4 is 11.6 Å². The van der Waals surface area contributed by atoms with Crippen LogP contribution in [0.15, 0.2) is 12.1 Å². The van der Waals surface area contributed by atoms with Gasteiger partial charge in [0.25, 0.3) is 11.6 Å². The number of nitro benzene ring substituents is 1. The smallest absolute Gasteiger partial charge is 0.286 e. The number of amides is 1. The summed E-state index contributed by atoms with van der Waals surface area (Å²) in [5.74, 6) is 0.275. The average Bonchev–Trinajstić information content (AvgIpc) is 2.53. The van der Waals surface area contributed by atoms with Gasteiger partial charge in [0.2, 0.25) is 0 Å². The summed E-state index contributed by atoms with van der Waals surface area (Å²) in [4.78, 5) is 24.7. The minimum atomic E-state index is -0.577. The van der Waals surface area contributed by atoms with Crippen LogP contribution in [0.2, 0.25) is 0 Å². The molecule has 0 unspecified atom stereocenters. The van der Waals surface area contributed by atoms with Crippen LogP contribution in [0.25, 0.3) is 0 Å². The Morgan fingerprint density at radius 1 is 1.10 bits per heavy atom. The van der Waals surface area contributed by atoms with Crippen molar-refractivity contribution in [3.63, 3.8) is 0 Å². The summed E-state index contributed by atoms with van der Waals surface area (Å²) >= 11 is 0. The quantitative estimate of drug-likeness (QED) is 0.593. The first-order chi connectivity index (χ1) is 10.2. The second-order valence-corrected chi connectivity index (χ2v) is 4.67. The van der Waals surface area contributed by atoms with Gasteiger partial charge in [-0.05, 0) is 0 Å². The number of hydrogen-bond acceptors (Lipinski definition) is 6. The molecule has 1 saturated heterocycles. The van der Waals surface area contributed by atoms with E-state index in [2.05, 4.69) is 0 Å². The van der Waals surface area contributed by atoms with Crippen LogP contribution < -0.4 is 9.47 Å². The third kappa shape index (κ3) is 2.62. The zero-order chi connectivity index (χ0) is 14.8. The van der Waals surface area contributed by atoms with Crippen LogP contribution in [0.1, 0.15) is 10.4 Å². The third-order valence-corrected chi connectivity index (χ3v) is 3.39. The largest absolute Gasteiger partial charge is 0.486 e. The fraction of sp³-hybridized carbons (Fsp3) is 0.462. The van der Waals surface area contributed by atoms with Crippen molar-refractivity contribution in [3.8, 4) is 11.5 Å². The summed E-state index contributed by atoms with van der Waals surface area (Å²) in [5.41, 5.74) is -0.248. The highest BCUT2D eigenvalue weighted by Gasteiger charge is 2.29. The van der Waals surface area contributed by atoms with E-state index in [4.69, 9.17) is 14.2 Å². The van der Waals surface area contributed by atoms with Gasteiger partial charge in [0, 0.05) is 19.2 Å². The molecule has 0 aromatic heterocycles. The lowest BCUT2D eigenvalue weighted by molar-refractivity contribution is -0.385. The molecule has 0 saturated carbocycles. The Morgan fingerprint density at radius 2 is 1.71 bits per heavy atom. The molecule has 2 heterocycles. The lowest BCUT2D eigenvalue weighted by atomic mass is 10.1. The molecule has 1 fully saturated rings. The Bertz CT molecular complexity index is 582. The fourth-order valence-electron chi connectivity index (χ4n) is 2.34. The summed E-state index contributed by atoms with van der Waals surface area (Å²) in [6.45, 7) is 2.40. The van der Waals surface area contributed by atoms with Gasteiger partial charge in [-0.1, -0.05) is 0 Å². The van der Waals surface area contributed by atoms with Gasteiger partial charge >= 0.3 is 0 Å². The maximum atomic E-state index is 12.5. The van der Waals surface area contributed by atoms with Gasteiger partial charge in [0.15, 0.2) is 11.5 Å². The number of carbonyl (C=O) groups excluding carboxylic acids is 1. The molecular weight excluding hydrogens is 280 g/mol. The summed E-state index contributed by atoms with van der Waals surface area (Å²) in [6.07, 6.45) is 0.